The molecule has 7 heteroatoms. The lowest BCUT2D eigenvalue weighted by molar-refractivity contribution is 0.0691. The number of thioether (sulfide) groups is 1. The number of nitrogens with two attached hydrogens (primary N) is 1. The summed E-state index contributed by atoms with van der Waals surface area (Å²) >= 11 is 1.48. The van der Waals surface area contributed by atoms with E-state index in [0.717, 1.165) is 12.1 Å². The molecule has 0 radical (unpaired) electrons. The van der Waals surface area contributed by atoms with E-state index < -0.39 is 23.0 Å². The molecule has 5 N–H and O–H groups in total. The molecule has 0 fully saturated rings. The molecule has 0 bridgehead atoms. The first-order chi connectivity index (χ1) is 8.76. The summed E-state index contributed by atoms with van der Waals surface area (Å²) in [5.74, 6) is -1.73. The van der Waals surface area contributed by atoms with Gasteiger partial charge in [0.1, 0.15) is 5.82 Å². The highest BCUT2D eigenvalue weighted by molar-refractivity contribution is 7.98. The van der Waals surface area contributed by atoms with E-state index in [0.29, 0.717) is 5.75 Å². The van der Waals surface area contributed by atoms with Crippen molar-refractivity contribution < 1.29 is 19.4 Å². The molecule has 1 aromatic rings. The van der Waals surface area contributed by atoms with Crippen LogP contribution in [-0.4, -0.2) is 40.3 Å². The fraction of sp³-hybridized carbons (Fsp3) is 0.417. The van der Waals surface area contributed by atoms with Crippen molar-refractivity contribution in [2.24, 2.45) is 0 Å². The normalized spacial score (nSPS) is 13.9. The maximum Gasteiger partial charge on any atom is 0.338 e. The molecule has 1 aromatic carbocycles. The second-order valence-electron chi connectivity index (χ2n) is 4.51. The van der Waals surface area contributed by atoms with Crippen LogP contribution in [0.2, 0.25) is 0 Å². The minimum absolute atomic E-state index is 0.124. The number of carboxylic acids is 1. The number of carbonyl (C=O) groups is 1. The third-order valence-corrected chi connectivity index (χ3v) is 3.40. The summed E-state index contributed by atoms with van der Waals surface area (Å²) in [6.45, 7) is 1.83. The SMILES string of the molecule is CSCC(C)(O)CNc1cc(F)c(C(=O)O)cc1N. The number of carboxylic acid groups (broad SMARTS) is 1. The molecule has 19 heavy (non-hydrogen) atoms. The van der Waals surface area contributed by atoms with E-state index in [9.17, 15) is 14.3 Å². The molecule has 0 aliphatic rings. The average molecular weight is 288 g/mol. The highest BCUT2D eigenvalue weighted by atomic mass is 32.2. The van der Waals surface area contributed by atoms with Gasteiger partial charge in [0.05, 0.1) is 22.5 Å². The smallest absolute Gasteiger partial charge is 0.338 e. The van der Waals surface area contributed by atoms with Gasteiger partial charge < -0.3 is 21.3 Å². The zero-order valence-corrected chi connectivity index (χ0v) is 11.6. The fourth-order valence-electron chi connectivity index (χ4n) is 1.55. The molecule has 106 valence electrons. The Labute approximate surface area is 115 Å². The van der Waals surface area contributed by atoms with Gasteiger partial charge >= 0.3 is 5.97 Å². The third-order valence-electron chi connectivity index (χ3n) is 2.48. The number of nitrogen functional groups attached to an aromatic ring is 1. The standard InChI is InChI=1S/C12H17FN2O3S/c1-12(18,6-19-2)5-15-10-4-8(13)7(11(16)17)3-9(10)14/h3-4,15,18H,5-6,14H2,1-2H3,(H,16,17). The van der Waals surface area contributed by atoms with Crippen molar-refractivity contribution in [3.05, 3.63) is 23.5 Å². The summed E-state index contributed by atoms with van der Waals surface area (Å²) in [4.78, 5) is 10.7. The number of anilines is 2. The first kappa shape index (κ1) is 15.6. The Hall–Kier alpha value is -1.47. The van der Waals surface area contributed by atoms with Crippen molar-refractivity contribution in [1.82, 2.24) is 0 Å². The Balaban J connectivity index is 2.86. The molecule has 5 nitrogen and oxygen atoms in total. The lowest BCUT2D eigenvalue weighted by atomic mass is 10.1. The van der Waals surface area contributed by atoms with Crippen LogP contribution in [0.15, 0.2) is 12.1 Å². The number of aliphatic hydroxyl groups is 1. The van der Waals surface area contributed by atoms with E-state index in [1.807, 2.05) is 6.26 Å². The van der Waals surface area contributed by atoms with Crippen LogP contribution in [0.3, 0.4) is 0 Å². The molecule has 0 saturated carbocycles. The molecule has 0 saturated heterocycles. The van der Waals surface area contributed by atoms with Gasteiger partial charge in [-0.25, -0.2) is 9.18 Å². The maximum absolute atomic E-state index is 13.5. The van der Waals surface area contributed by atoms with Gasteiger partial charge in [-0.15, -0.1) is 0 Å². The van der Waals surface area contributed by atoms with E-state index in [1.54, 1.807) is 6.92 Å². The molecule has 1 unspecified atom stereocenters. The van der Waals surface area contributed by atoms with E-state index >= 15 is 0 Å². The monoisotopic (exact) mass is 288 g/mol. The van der Waals surface area contributed by atoms with Crippen LogP contribution in [0.5, 0.6) is 0 Å². The Bertz CT molecular complexity index is 480. The second-order valence-corrected chi connectivity index (χ2v) is 5.37. The van der Waals surface area contributed by atoms with Gasteiger partial charge in [-0.2, -0.15) is 11.8 Å². The van der Waals surface area contributed by atoms with Crippen molar-refractivity contribution >= 4 is 29.1 Å². The van der Waals surface area contributed by atoms with Gasteiger partial charge in [0.15, 0.2) is 0 Å². The summed E-state index contributed by atoms with van der Waals surface area (Å²) < 4.78 is 13.5. The largest absolute Gasteiger partial charge is 0.478 e. The minimum Gasteiger partial charge on any atom is -0.478 e. The van der Waals surface area contributed by atoms with Crippen LogP contribution < -0.4 is 11.1 Å². The molecular weight excluding hydrogens is 271 g/mol. The quantitative estimate of drug-likeness (QED) is 0.594. The molecule has 1 atom stereocenters. The lowest BCUT2D eigenvalue weighted by Crippen LogP contribution is -2.36. The van der Waals surface area contributed by atoms with Crippen LogP contribution >= 0.6 is 11.8 Å². The summed E-state index contributed by atoms with van der Waals surface area (Å²) in [6.07, 6.45) is 1.87. The Morgan fingerprint density at radius 1 is 1.58 bits per heavy atom. The van der Waals surface area contributed by atoms with Crippen molar-refractivity contribution in [1.29, 1.82) is 0 Å². The predicted molar refractivity (Wildman–Crippen MR) is 75.3 cm³/mol. The summed E-state index contributed by atoms with van der Waals surface area (Å²) in [6, 6.07) is 2.08. The zero-order chi connectivity index (χ0) is 14.6. The Morgan fingerprint density at radius 2 is 2.21 bits per heavy atom. The first-order valence-electron chi connectivity index (χ1n) is 5.54. The van der Waals surface area contributed by atoms with Crippen LogP contribution in [-0.2, 0) is 0 Å². The van der Waals surface area contributed by atoms with Gasteiger partial charge in [-0.05, 0) is 25.3 Å². The van der Waals surface area contributed by atoms with Crippen LogP contribution in [0.4, 0.5) is 15.8 Å². The fourth-order valence-corrected chi connectivity index (χ4v) is 2.28. The molecular formula is C12H17FN2O3S. The molecule has 1 rings (SSSR count). The first-order valence-corrected chi connectivity index (χ1v) is 6.94. The van der Waals surface area contributed by atoms with Crippen LogP contribution in [0.1, 0.15) is 17.3 Å². The van der Waals surface area contributed by atoms with Crippen molar-refractivity contribution in [3.63, 3.8) is 0 Å². The number of benzene rings is 1. The molecule has 0 aromatic heterocycles. The highest BCUT2D eigenvalue weighted by Crippen LogP contribution is 2.24. The van der Waals surface area contributed by atoms with Gasteiger partial charge in [0.2, 0.25) is 0 Å². The Morgan fingerprint density at radius 3 is 2.74 bits per heavy atom. The van der Waals surface area contributed by atoms with Crippen molar-refractivity contribution in [3.8, 4) is 0 Å². The minimum atomic E-state index is -1.37. The number of aromatic carboxylic acids is 1. The number of hydrogen-bond acceptors (Lipinski definition) is 5. The third kappa shape index (κ3) is 4.29. The summed E-state index contributed by atoms with van der Waals surface area (Å²) in [7, 11) is 0. The average Bonchev–Trinajstić information content (AvgIpc) is 2.29. The van der Waals surface area contributed by atoms with Gasteiger partial charge in [-0.3, -0.25) is 0 Å². The number of hydrogen-bond donors (Lipinski definition) is 4. The van der Waals surface area contributed by atoms with Gasteiger partial charge in [-0.1, -0.05) is 0 Å². The van der Waals surface area contributed by atoms with E-state index in [2.05, 4.69) is 5.32 Å². The summed E-state index contributed by atoms with van der Waals surface area (Å²) in [5.41, 5.74) is 4.61. The summed E-state index contributed by atoms with van der Waals surface area (Å²) in [5, 5.41) is 21.5. The van der Waals surface area contributed by atoms with Crippen LogP contribution in [0.25, 0.3) is 0 Å². The zero-order valence-electron chi connectivity index (χ0n) is 10.7. The molecule has 0 aliphatic heterocycles. The number of nitrogens with one attached hydrogen (secondary N) is 1. The van der Waals surface area contributed by atoms with E-state index in [-0.39, 0.29) is 17.9 Å². The molecule has 0 aliphatic carbocycles. The maximum atomic E-state index is 13.5. The van der Waals surface area contributed by atoms with E-state index in [1.165, 1.54) is 11.8 Å². The lowest BCUT2D eigenvalue weighted by Gasteiger charge is -2.23. The van der Waals surface area contributed by atoms with E-state index in [4.69, 9.17) is 10.8 Å². The molecule has 0 spiro atoms. The van der Waals surface area contributed by atoms with Crippen LogP contribution in [0, 0.1) is 5.82 Å². The Kier molecular flexibility index (Phi) is 5.02. The highest BCUT2D eigenvalue weighted by Gasteiger charge is 2.20. The molecule has 0 amide bonds. The number of rotatable bonds is 6. The topological polar surface area (TPSA) is 95.6 Å². The van der Waals surface area contributed by atoms with Crippen molar-refractivity contribution in [2.45, 2.75) is 12.5 Å². The second kappa shape index (κ2) is 6.12. The predicted octanol–water partition coefficient (Wildman–Crippen LogP) is 1.63. The van der Waals surface area contributed by atoms with Crippen molar-refractivity contribution in [2.75, 3.05) is 29.6 Å². The van der Waals surface area contributed by atoms with Gasteiger partial charge in [0.25, 0.3) is 0 Å². The molecule has 0 heterocycles. The number of halogens is 1. The van der Waals surface area contributed by atoms with Gasteiger partial charge in [0, 0.05) is 12.3 Å².